The van der Waals surface area contributed by atoms with Crippen molar-refractivity contribution in [2.45, 2.75) is 32.7 Å². The van der Waals surface area contributed by atoms with Gasteiger partial charge in [0.15, 0.2) is 11.0 Å². The second-order valence-corrected chi connectivity index (χ2v) is 5.83. The molecule has 0 saturated heterocycles. The Morgan fingerprint density at radius 1 is 1.33 bits per heavy atom. The van der Waals surface area contributed by atoms with Crippen LogP contribution in [-0.2, 0) is 0 Å². The van der Waals surface area contributed by atoms with Gasteiger partial charge < -0.3 is 10.2 Å². The molecular formula is C16H19ClN4. The topological polar surface area (TPSA) is 41.1 Å². The van der Waals surface area contributed by atoms with E-state index in [0.29, 0.717) is 5.15 Å². The van der Waals surface area contributed by atoms with Crippen LogP contribution < -0.4 is 10.2 Å². The molecule has 2 heterocycles. The Morgan fingerprint density at radius 2 is 2.14 bits per heavy atom. The van der Waals surface area contributed by atoms with E-state index in [2.05, 4.69) is 52.2 Å². The van der Waals surface area contributed by atoms with Crippen LogP contribution in [-0.4, -0.2) is 17.0 Å². The molecule has 1 aliphatic rings. The summed E-state index contributed by atoms with van der Waals surface area (Å²) >= 11 is 6.28. The average Bonchev–Trinajstić information content (AvgIpc) is 2.58. The SMILES string of the molecule is CCCC1Nc2c(Cl)ncnc2N(C)c2cc(C)ccc21. The summed E-state index contributed by atoms with van der Waals surface area (Å²) in [5.74, 6) is 0.820. The van der Waals surface area contributed by atoms with Gasteiger partial charge in [0.1, 0.15) is 12.0 Å². The first-order valence-electron chi connectivity index (χ1n) is 7.23. The molecule has 0 fully saturated rings. The Bertz CT molecular complexity index is 671. The van der Waals surface area contributed by atoms with Gasteiger partial charge >= 0.3 is 0 Å². The second kappa shape index (κ2) is 5.53. The first-order chi connectivity index (χ1) is 10.1. The van der Waals surface area contributed by atoms with Gasteiger partial charge in [-0.15, -0.1) is 0 Å². The molecule has 2 aromatic rings. The molecule has 3 rings (SSSR count). The Labute approximate surface area is 130 Å². The van der Waals surface area contributed by atoms with Crippen molar-refractivity contribution in [2.75, 3.05) is 17.3 Å². The minimum atomic E-state index is 0.220. The quantitative estimate of drug-likeness (QED) is 0.831. The summed E-state index contributed by atoms with van der Waals surface area (Å²) in [7, 11) is 2.02. The van der Waals surface area contributed by atoms with Crippen LogP contribution in [0.15, 0.2) is 24.5 Å². The van der Waals surface area contributed by atoms with Gasteiger partial charge in [-0.2, -0.15) is 0 Å². The van der Waals surface area contributed by atoms with Crippen LogP contribution >= 0.6 is 11.6 Å². The lowest BCUT2D eigenvalue weighted by molar-refractivity contribution is 0.680. The van der Waals surface area contributed by atoms with Crippen molar-refractivity contribution in [2.24, 2.45) is 0 Å². The van der Waals surface area contributed by atoms with Gasteiger partial charge in [0.2, 0.25) is 0 Å². The smallest absolute Gasteiger partial charge is 0.161 e. The van der Waals surface area contributed by atoms with Gasteiger partial charge in [-0.05, 0) is 30.5 Å². The standard InChI is InChI=1S/C16H19ClN4/c1-4-5-12-11-7-6-10(2)8-13(11)21(3)16-14(20-12)15(17)18-9-19-16/h6-9,12,20H,4-5H2,1-3H3. The molecule has 1 unspecified atom stereocenters. The largest absolute Gasteiger partial charge is 0.373 e. The molecule has 1 N–H and O–H groups in total. The van der Waals surface area contributed by atoms with Gasteiger partial charge in [-0.25, -0.2) is 9.97 Å². The van der Waals surface area contributed by atoms with Crippen LogP contribution in [0.5, 0.6) is 0 Å². The van der Waals surface area contributed by atoms with Crippen molar-refractivity contribution >= 4 is 28.8 Å². The van der Waals surface area contributed by atoms with Gasteiger partial charge in [0.25, 0.3) is 0 Å². The predicted octanol–water partition coefficient (Wildman–Crippen LogP) is 4.47. The zero-order valence-electron chi connectivity index (χ0n) is 12.5. The molecule has 0 saturated carbocycles. The number of rotatable bonds is 2. The number of hydrogen-bond acceptors (Lipinski definition) is 4. The molecule has 1 atom stereocenters. The Hall–Kier alpha value is -1.81. The number of fused-ring (bicyclic) bond motifs is 2. The van der Waals surface area contributed by atoms with E-state index < -0.39 is 0 Å². The summed E-state index contributed by atoms with van der Waals surface area (Å²) in [5.41, 5.74) is 4.50. The molecule has 1 aromatic heterocycles. The lowest BCUT2D eigenvalue weighted by atomic mass is 9.99. The summed E-state index contributed by atoms with van der Waals surface area (Å²) in [4.78, 5) is 10.6. The molecule has 0 radical (unpaired) electrons. The fourth-order valence-corrected chi connectivity index (χ4v) is 3.04. The van der Waals surface area contributed by atoms with E-state index in [1.807, 2.05) is 7.05 Å². The van der Waals surface area contributed by atoms with E-state index in [0.717, 1.165) is 24.3 Å². The monoisotopic (exact) mass is 302 g/mol. The van der Waals surface area contributed by atoms with Crippen LogP contribution in [0.3, 0.4) is 0 Å². The zero-order valence-corrected chi connectivity index (χ0v) is 13.3. The van der Waals surface area contributed by atoms with Crippen LogP contribution in [0, 0.1) is 6.92 Å². The molecule has 4 nitrogen and oxygen atoms in total. The van der Waals surface area contributed by atoms with Crippen molar-refractivity contribution in [3.05, 3.63) is 40.8 Å². The van der Waals surface area contributed by atoms with E-state index in [9.17, 15) is 0 Å². The van der Waals surface area contributed by atoms with Gasteiger partial charge in [-0.3, -0.25) is 0 Å². The summed E-state index contributed by atoms with van der Waals surface area (Å²) < 4.78 is 0. The maximum absolute atomic E-state index is 6.28. The molecule has 0 amide bonds. The van der Waals surface area contributed by atoms with Crippen LogP contribution in [0.4, 0.5) is 17.2 Å². The number of nitrogens with zero attached hydrogens (tertiary/aromatic N) is 3. The van der Waals surface area contributed by atoms with Crippen LogP contribution in [0.2, 0.25) is 5.15 Å². The number of halogens is 1. The summed E-state index contributed by atoms with van der Waals surface area (Å²) in [5, 5.41) is 4.01. The van der Waals surface area contributed by atoms with Gasteiger partial charge in [0, 0.05) is 12.7 Å². The molecular weight excluding hydrogens is 284 g/mol. The maximum atomic E-state index is 6.28. The molecule has 21 heavy (non-hydrogen) atoms. The van der Waals surface area contributed by atoms with Crippen molar-refractivity contribution in [1.82, 2.24) is 9.97 Å². The van der Waals surface area contributed by atoms with Crippen molar-refractivity contribution in [3.63, 3.8) is 0 Å². The van der Waals surface area contributed by atoms with E-state index in [-0.39, 0.29) is 6.04 Å². The third-order valence-corrected chi connectivity index (χ3v) is 4.20. The van der Waals surface area contributed by atoms with Crippen molar-refractivity contribution < 1.29 is 0 Å². The predicted molar refractivity (Wildman–Crippen MR) is 87.6 cm³/mol. The molecule has 5 heteroatoms. The summed E-state index contributed by atoms with van der Waals surface area (Å²) in [6.07, 6.45) is 3.64. The fraction of sp³-hybridized carbons (Fsp3) is 0.375. The Kier molecular flexibility index (Phi) is 3.72. The molecule has 1 aromatic carbocycles. The number of aryl methyl sites for hydroxylation is 1. The molecule has 0 aliphatic carbocycles. The van der Waals surface area contributed by atoms with E-state index in [1.54, 1.807) is 0 Å². The van der Waals surface area contributed by atoms with Crippen LogP contribution in [0.1, 0.15) is 36.9 Å². The number of benzene rings is 1. The molecule has 0 spiro atoms. The zero-order chi connectivity index (χ0) is 15.0. The molecule has 0 bridgehead atoms. The Balaban J connectivity index is 2.21. The summed E-state index contributed by atoms with van der Waals surface area (Å²) in [6.45, 7) is 4.29. The summed E-state index contributed by atoms with van der Waals surface area (Å²) in [6, 6.07) is 6.77. The highest BCUT2D eigenvalue weighted by Crippen LogP contribution is 2.43. The number of aromatic nitrogens is 2. The lowest BCUT2D eigenvalue weighted by Gasteiger charge is -2.21. The van der Waals surface area contributed by atoms with Gasteiger partial charge in [0.05, 0.1) is 6.04 Å². The molecule has 110 valence electrons. The number of nitrogens with one attached hydrogen (secondary N) is 1. The second-order valence-electron chi connectivity index (χ2n) is 5.47. The average molecular weight is 303 g/mol. The highest BCUT2D eigenvalue weighted by molar-refractivity contribution is 6.32. The van der Waals surface area contributed by atoms with Gasteiger partial charge in [-0.1, -0.05) is 37.1 Å². The maximum Gasteiger partial charge on any atom is 0.161 e. The van der Waals surface area contributed by atoms with Crippen molar-refractivity contribution in [3.8, 4) is 0 Å². The number of hydrogen-bond donors (Lipinski definition) is 1. The lowest BCUT2D eigenvalue weighted by Crippen LogP contribution is -2.12. The minimum Gasteiger partial charge on any atom is -0.373 e. The van der Waals surface area contributed by atoms with Crippen LogP contribution in [0.25, 0.3) is 0 Å². The highest BCUT2D eigenvalue weighted by atomic mass is 35.5. The normalized spacial score (nSPS) is 16.8. The van der Waals surface area contributed by atoms with E-state index in [4.69, 9.17) is 11.6 Å². The first-order valence-corrected chi connectivity index (χ1v) is 7.61. The third kappa shape index (κ3) is 2.44. The molecule has 1 aliphatic heterocycles. The highest BCUT2D eigenvalue weighted by Gasteiger charge is 2.26. The third-order valence-electron chi connectivity index (χ3n) is 3.92. The van der Waals surface area contributed by atoms with E-state index in [1.165, 1.54) is 23.1 Å². The first kappa shape index (κ1) is 14.1. The fourth-order valence-electron chi connectivity index (χ4n) is 2.86. The number of anilines is 3. The Morgan fingerprint density at radius 3 is 2.90 bits per heavy atom. The van der Waals surface area contributed by atoms with E-state index >= 15 is 0 Å². The van der Waals surface area contributed by atoms with Crippen molar-refractivity contribution in [1.29, 1.82) is 0 Å². The minimum absolute atomic E-state index is 0.220.